The van der Waals surface area contributed by atoms with Crippen molar-refractivity contribution < 1.29 is 13.9 Å². The van der Waals surface area contributed by atoms with E-state index in [-0.39, 0.29) is 24.8 Å². The lowest BCUT2D eigenvalue weighted by Crippen LogP contribution is -2.15. The molecule has 0 aliphatic rings. The predicted octanol–water partition coefficient (Wildman–Crippen LogP) is 4.30. The van der Waals surface area contributed by atoms with Crippen LogP contribution in [0.5, 0.6) is 5.75 Å². The fourth-order valence-electron chi connectivity index (χ4n) is 1.80. The van der Waals surface area contributed by atoms with Crippen LogP contribution in [0.25, 0.3) is 0 Å². The number of hydrogen-bond acceptors (Lipinski definition) is 2. The van der Waals surface area contributed by atoms with Crippen molar-refractivity contribution in [1.82, 2.24) is 0 Å². The molecule has 0 atom stereocenters. The molecule has 0 radical (unpaired) electrons. The Morgan fingerprint density at radius 3 is 2.81 bits per heavy atom. The van der Waals surface area contributed by atoms with E-state index < -0.39 is 0 Å². The molecule has 1 amide bonds. The first-order valence-electron chi connectivity index (χ1n) is 6.49. The van der Waals surface area contributed by atoms with Crippen LogP contribution in [0.2, 0.25) is 0 Å². The van der Waals surface area contributed by atoms with Crippen LogP contribution in [0.4, 0.5) is 10.1 Å². The summed E-state index contributed by atoms with van der Waals surface area (Å²) in [5, 5.41) is 2.74. The number of amides is 1. The Hall–Kier alpha value is -1.88. The molecule has 0 spiro atoms. The molecule has 2 rings (SSSR count). The Kier molecular flexibility index (Phi) is 5.33. The van der Waals surface area contributed by atoms with Crippen molar-refractivity contribution in [3.63, 3.8) is 0 Å². The van der Waals surface area contributed by atoms with Crippen LogP contribution in [-0.4, -0.2) is 12.5 Å². The van der Waals surface area contributed by atoms with Crippen LogP contribution in [0.15, 0.2) is 46.9 Å². The number of aryl methyl sites for hydroxylation is 1. The van der Waals surface area contributed by atoms with Crippen LogP contribution >= 0.6 is 15.9 Å². The molecule has 2 aromatic rings. The average Bonchev–Trinajstić information content (AvgIpc) is 2.42. The molecule has 0 fully saturated rings. The smallest absolute Gasteiger partial charge is 0.227 e. The third kappa shape index (κ3) is 4.86. The minimum atomic E-state index is -0.316. The van der Waals surface area contributed by atoms with Crippen molar-refractivity contribution in [2.45, 2.75) is 13.3 Å². The van der Waals surface area contributed by atoms with Gasteiger partial charge in [-0.2, -0.15) is 0 Å². The first-order valence-corrected chi connectivity index (χ1v) is 7.28. The van der Waals surface area contributed by atoms with Crippen molar-refractivity contribution in [2.24, 2.45) is 0 Å². The van der Waals surface area contributed by atoms with Gasteiger partial charge in [-0.1, -0.05) is 22.0 Å². The summed E-state index contributed by atoms with van der Waals surface area (Å²) in [6, 6.07) is 11.7. The molecule has 0 saturated heterocycles. The van der Waals surface area contributed by atoms with E-state index >= 15 is 0 Å². The van der Waals surface area contributed by atoms with Crippen LogP contribution in [0.1, 0.15) is 12.0 Å². The third-order valence-electron chi connectivity index (χ3n) is 2.86. The van der Waals surface area contributed by atoms with E-state index in [1.54, 1.807) is 13.0 Å². The number of halogens is 2. The molecule has 21 heavy (non-hydrogen) atoms. The van der Waals surface area contributed by atoms with E-state index in [9.17, 15) is 9.18 Å². The van der Waals surface area contributed by atoms with Crippen LogP contribution in [0.3, 0.4) is 0 Å². The zero-order valence-electron chi connectivity index (χ0n) is 11.5. The van der Waals surface area contributed by atoms with Crippen molar-refractivity contribution in [1.29, 1.82) is 0 Å². The van der Waals surface area contributed by atoms with Gasteiger partial charge in [-0.3, -0.25) is 4.79 Å². The van der Waals surface area contributed by atoms with E-state index in [2.05, 4.69) is 21.2 Å². The van der Waals surface area contributed by atoms with Gasteiger partial charge in [-0.25, -0.2) is 4.39 Å². The molecule has 0 aliphatic carbocycles. The van der Waals surface area contributed by atoms with Gasteiger partial charge in [0.05, 0.1) is 13.0 Å². The first-order chi connectivity index (χ1) is 10.0. The second kappa shape index (κ2) is 7.22. The molecule has 0 aliphatic heterocycles. The molecule has 0 saturated carbocycles. The molecule has 0 unspecified atom stereocenters. The standard InChI is InChI=1S/C16H15BrFNO2/c1-11-9-13(18)5-6-15(11)19-16(20)7-8-21-14-4-2-3-12(17)10-14/h2-6,9-10H,7-8H2,1H3,(H,19,20). The van der Waals surface area contributed by atoms with Gasteiger partial charge in [0.2, 0.25) is 5.91 Å². The Morgan fingerprint density at radius 1 is 1.29 bits per heavy atom. The maximum absolute atomic E-state index is 13.0. The molecule has 2 aromatic carbocycles. The molecular weight excluding hydrogens is 337 g/mol. The fraction of sp³-hybridized carbons (Fsp3) is 0.188. The van der Waals surface area contributed by atoms with Gasteiger partial charge in [-0.15, -0.1) is 0 Å². The summed E-state index contributed by atoms with van der Waals surface area (Å²) >= 11 is 3.35. The summed E-state index contributed by atoms with van der Waals surface area (Å²) in [7, 11) is 0. The van der Waals surface area contributed by atoms with Crippen molar-refractivity contribution in [3.05, 3.63) is 58.3 Å². The molecule has 0 aromatic heterocycles. The van der Waals surface area contributed by atoms with Gasteiger partial charge in [0, 0.05) is 10.2 Å². The predicted molar refractivity (Wildman–Crippen MR) is 84.0 cm³/mol. The molecule has 0 heterocycles. The van der Waals surface area contributed by atoms with Gasteiger partial charge in [0.1, 0.15) is 11.6 Å². The lowest BCUT2D eigenvalue weighted by Gasteiger charge is -2.09. The number of hydrogen-bond donors (Lipinski definition) is 1. The third-order valence-corrected chi connectivity index (χ3v) is 3.35. The highest BCUT2D eigenvalue weighted by molar-refractivity contribution is 9.10. The van der Waals surface area contributed by atoms with Crippen molar-refractivity contribution >= 4 is 27.5 Å². The average molecular weight is 352 g/mol. The monoisotopic (exact) mass is 351 g/mol. The Morgan fingerprint density at radius 2 is 2.10 bits per heavy atom. The van der Waals surface area contributed by atoms with Crippen LogP contribution in [0, 0.1) is 12.7 Å². The number of carbonyl (C=O) groups excluding carboxylic acids is 1. The summed E-state index contributed by atoms with van der Waals surface area (Å²) in [6.07, 6.45) is 0.226. The second-order valence-electron chi connectivity index (χ2n) is 4.56. The number of ether oxygens (including phenoxy) is 1. The normalized spacial score (nSPS) is 10.2. The molecule has 1 N–H and O–H groups in total. The maximum atomic E-state index is 13.0. The molecule has 110 valence electrons. The van der Waals surface area contributed by atoms with Gasteiger partial charge in [0.15, 0.2) is 0 Å². The van der Waals surface area contributed by atoms with Crippen LogP contribution < -0.4 is 10.1 Å². The largest absolute Gasteiger partial charge is 0.493 e. The minimum absolute atomic E-state index is 0.167. The summed E-state index contributed by atoms with van der Waals surface area (Å²) in [5.74, 6) is 0.221. The highest BCUT2D eigenvalue weighted by Gasteiger charge is 2.06. The summed E-state index contributed by atoms with van der Waals surface area (Å²) < 4.78 is 19.4. The van der Waals surface area contributed by atoms with Gasteiger partial charge in [-0.05, 0) is 48.9 Å². The van der Waals surface area contributed by atoms with Crippen LogP contribution in [-0.2, 0) is 4.79 Å². The number of rotatable bonds is 5. The highest BCUT2D eigenvalue weighted by atomic mass is 79.9. The first kappa shape index (κ1) is 15.5. The summed E-state index contributed by atoms with van der Waals surface area (Å²) in [5.41, 5.74) is 1.31. The van der Waals surface area contributed by atoms with Gasteiger partial charge < -0.3 is 10.1 Å². The molecule has 3 nitrogen and oxygen atoms in total. The Labute approximate surface area is 131 Å². The summed E-state index contributed by atoms with van der Waals surface area (Å²) in [4.78, 5) is 11.8. The highest BCUT2D eigenvalue weighted by Crippen LogP contribution is 2.18. The van der Waals surface area contributed by atoms with E-state index in [0.29, 0.717) is 17.0 Å². The Balaban J connectivity index is 1.82. The number of benzene rings is 2. The SMILES string of the molecule is Cc1cc(F)ccc1NC(=O)CCOc1cccc(Br)c1. The minimum Gasteiger partial charge on any atom is -0.493 e. The van der Waals surface area contributed by atoms with Gasteiger partial charge in [0.25, 0.3) is 0 Å². The maximum Gasteiger partial charge on any atom is 0.227 e. The van der Waals surface area contributed by atoms with Crippen molar-refractivity contribution in [2.75, 3.05) is 11.9 Å². The molecular formula is C16H15BrFNO2. The Bertz CT molecular complexity index is 646. The topological polar surface area (TPSA) is 38.3 Å². The lowest BCUT2D eigenvalue weighted by atomic mass is 10.2. The summed E-state index contributed by atoms with van der Waals surface area (Å²) in [6.45, 7) is 2.03. The van der Waals surface area contributed by atoms with Gasteiger partial charge >= 0.3 is 0 Å². The van der Waals surface area contributed by atoms with Crippen molar-refractivity contribution in [3.8, 4) is 5.75 Å². The van der Waals surface area contributed by atoms with E-state index in [1.807, 2.05) is 24.3 Å². The van der Waals surface area contributed by atoms with E-state index in [0.717, 1.165) is 4.47 Å². The zero-order chi connectivity index (χ0) is 15.2. The zero-order valence-corrected chi connectivity index (χ0v) is 13.1. The quantitative estimate of drug-likeness (QED) is 0.871. The van der Waals surface area contributed by atoms with E-state index in [4.69, 9.17) is 4.74 Å². The molecule has 0 bridgehead atoms. The van der Waals surface area contributed by atoms with E-state index in [1.165, 1.54) is 12.1 Å². The second-order valence-corrected chi connectivity index (χ2v) is 5.48. The lowest BCUT2D eigenvalue weighted by molar-refractivity contribution is -0.116. The number of nitrogens with one attached hydrogen (secondary N) is 1. The number of carbonyl (C=O) groups is 1. The molecule has 5 heteroatoms. The number of anilines is 1. The fourth-order valence-corrected chi connectivity index (χ4v) is 2.18.